The molecule has 5 aromatic rings. The van der Waals surface area contributed by atoms with Crippen molar-refractivity contribution >= 4 is 40.6 Å². The third-order valence-corrected chi connectivity index (χ3v) is 8.58. The summed E-state index contributed by atoms with van der Waals surface area (Å²) in [7, 11) is 3.24. The second kappa shape index (κ2) is 13.2. The van der Waals surface area contributed by atoms with Crippen LogP contribution in [-0.2, 0) is 21.7 Å². The first-order valence-corrected chi connectivity index (χ1v) is 15.5. The van der Waals surface area contributed by atoms with Crippen molar-refractivity contribution in [2.45, 2.75) is 26.1 Å². The monoisotopic (exact) mass is 652 g/mol. The van der Waals surface area contributed by atoms with Gasteiger partial charge in [-0.3, -0.25) is 4.79 Å². The molecule has 1 unspecified atom stereocenters. The van der Waals surface area contributed by atoms with E-state index in [2.05, 4.69) is 8.75 Å². The van der Waals surface area contributed by atoms with E-state index < -0.39 is 11.8 Å². The smallest absolute Gasteiger partial charge is 0.342 e. The Morgan fingerprint density at radius 3 is 2.26 bits per heavy atom. The van der Waals surface area contributed by atoms with Crippen LogP contribution in [0.4, 0.5) is 0 Å². The van der Waals surface area contributed by atoms with Crippen LogP contribution in [0.3, 0.4) is 0 Å². The van der Waals surface area contributed by atoms with E-state index >= 15 is 0 Å². The molecule has 3 heterocycles. The first-order chi connectivity index (χ1) is 22.7. The second-order valence-corrected chi connectivity index (χ2v) is 11.6. The molecule has 47 heavy (non-hydrogen) atoms. The largest absolute Gasteiger partial charge is 0.496 e. The summed E-state index contributed by atoms with van der Waals surface area (Å²) in [4.78, 5) is 23.7. The van der Waals surface area contributed by atoms with Crippen LogP contribution in [-0.4, -0.2) is 53.5 Å². The highest BCUT2D eigenvalue weighted by molar-refractivity contribution is 7.00. The average Bonchev–Trinajstić information content (AvgIpc) is 3.66. The fourth-order valence-electron chi connectivity index (χ4n) is 5.69. The quantitative estimate of drug-likeness (QED) is 0.165. The molecule has 0 bridgehead atoms. The molecule has 240 valence electrons. The number of aromatic nitrogens is 2. The Morgan fingerprint density at radius 1 is 0.851 bits per heavy atom. The molecule has 0 fully saturated rings. The topological polar surface area (TPSA) is 126 Å². The van der Waals surface area contributed by atoms with Crippen molar-refractivity contribution < 1.29 is 38.4 Å². The number of rotatable bonds is 7. The van der Waals surface area contributed by atoms with Gasteiger partial charge in [0.25, 0.3) is 5.79 Å². The first kappa shape index (κ1) is 31.7. The van der Waals surface area contributed by atoms with Gasteiger partial charge in [0, 0.05) is 23.1 Å². The van der Waals surface area contributed by atoms with E-state index in [4.69, 9.17) is 23.7 Å². The van der Waals surface area contributed by atoms with Gasteiger partial charge in [0.2, 0.25) is 0 Å². The van der Waals surface area contributed by atoms with E-state index in [1.54, 1.807) is 62.8 Å². The van der Waals surface area contributed by atoms with Crippen LogP contribution in [0.5, 0.6) is 23.0 Å². The lowest BCUT2D eigenvalue weighted by Crippen LogP contribution is -2.30. The zero-order valence-electron chi connectivity index (χ0n) is 26.2. The molecule has 0 aliphatic carbocycles. The Labute approximate surface area is 275 Å². The number of aryl methyl sites for hydroxylation is 2. The van der Waals surface area contributed by atoms with Gasteiger partial charge >= 0.3 is 5.97 Å². The Balaban J connectivity index is 0.000000300. The number of methoxy groups -OCH3 is 2. The van der Waals surface area contributed by atoms with Gasteiger partial charge in [-0.2, -0.15) is 8.75 Å². The van der Waals surface area contributed by atoms with Crippen molar-refractivity contribution in [2.24, 2.45) is 0 Å². The zero-order chi connectivity index (χ0) is 33.1. The van der Waals surface area contributed by atoms with Gasteiger partial charge in [-0.05, 0) is 90.7 Å². The minimum absolute atomic E-state index is 0.268. The van der Waals surface area contributed by atoms with Gasteiger partial charge in [0.15, 0.2) is 11.5 Å². The molecule has 0 saturated heterocycles. The number of esters is 1. The number of aliphatic hydroxyl groups is 1. The molecule has 4 aromatic carbocycles. The summed E-state index contributed by atoms with van der Waals surface area (Å²) in [6, 6.07) is 21.6. The molecular weight excluding hydrogens is 620 g/mol. The van der Waals surface area contributed by atoms with E-state index in [1.165, 1.54) is 0 Å². The van der Waals surface area contributed by atoms with Crippen molar-refractivity contribution in [1.29, 1.82) is 0 Å². The fraction of sp³-hybridized carbons (Fsp3) is 0.222. The summed E-state index contributed by atoms with van der Waals surface area (Å²) in [5.41, 5.74) is 6.64. The molecule has 2 aliphatic heterocycles. The molecule has 0 radical (unpaired) electrons. The Morgan fingerprint density at radius 2 is 1.55 bits per heavy atom. The van der Waals surface area contributed by atoms with Gasteiger partial charge in [-0.25, -0.2) is 4.79 Å². The number of hydrogen-bond donors (Lipinski definition) is 1. The van der Waals surface area contributed by atoms with Crippen LogP contribution in [0.2, 0.25) is 0 Å². The predicted octanol–water partition coefficient (Wildman–Crippen LogP) is 5.99. The molecule has 2 aliphatic rings. The Kier molecular flexibility index (Phi) is 8.93. The van der Waals surface area contributed by atoms with E-state index in [0.29, 0.717) is 58.1 Å². The molecule has 10 nitrogen and oxygen atoms in total. The van der Waals surface area contributed by atoms with Crippen LogP contribution in [0, 0.1) is 13.8 Å². The number of aldehydes is 1. The maximum atomic E-state index is 13.3. The van der Waals surface area contributed by atoms with Gasteiger partial charge in [0.05, 0.1) is 31.5 Å². The van der Waals surface area contributed by atoms with Crippen molar-refractivity contribution in [3.05, 3.63) is 112 Å². The van der Waals surface area contributed by atoms with Crippen LogP contribution in [0.1, 0.15) is 38.2 Å². The Bertz CT molecular complexity index is 2020. The van der Waals surface area contributed by atoms with Gasteiger partial charge in [-0.15, -0.1) is 0 Å². The van der Waals surface area contributed by atoms with Crippen molar-refractivity contribution in [1.82, 2.24) is 8.75 Å². The van der Waals surface area contributed by atoms with Crippen LogP contribution in [0.15, 0.2) is 78.4 Å². The number of fused-ring (bicyclic) bond motifs is 2. The predicted molar refractivity (Wildman–Crippen MR) is 176 cm³/mol. The summed E-state index contributed by atoms with van der Waals surface area (Å²) in [5.74, 6) is 0.0361. The van der Waals surface area contributed by atoms with Crippen molar-refractivity contribution in [3.8, 4) is 23.0 Å². The molecule has 0 amide bonds. The van der Waals surface area contributed by atoms with E-state index in [0.717, 1.165) is 51.7 Å². The molecule has 1 atom stereocenters. The maximum Gasteiger partial charge on any atom is 0.342 e. The SMILES string of the molecule is COc1ccc(C=O)cc1C.COc1ccc(CC2=C(c3ccc4nsnc4c3)C(=O)OC2(O)c2ccc3c(c2)OCCO3)cc1C. The van der Waals surface area contributed by atoms with E-state index in [9.17, 15) is 14.7 Å². The number of carbonyl (C=O) groups excluding carboxylic acids is 2. The van der Waals surface area contributed by atoms with Crippen molar-refractivity contribution in [2.75, 3.05) is 27.4 Å². The zero-order valence-corrected chi connectivity index (χ0v) is 27.1. The Hall–Kier alpha value is -5.26. The second-order valence-electron chi connectivity index (χ2n) is 11.0. The minimum atomic E-state index is -1.99. The molecular formula is C36H32N2O8S. The fourth-order valence-corrected chi connectivity index (χ4v) is 6.21. The maximum absolute atomic E-state index is 13.3. The van der Waals surface area contributed by atoms with Crippen LogP contribution < -0.4 is 18.9 Å². The highest BCUT2D eigenvalue weighted by Gasteiger charge is 2.48. The minimum Gasteiger partial charge on any atom is -0.496 e. The molecule has 7 rings (SSSR count). The molecule has 0 saturated carbocycles. The molecule has 1 N–H and O–H groups in total. The number of benzene rings is 4. The number of carbonyl (C=O) groups is 2. The average molecular weight is 653 g/mol. The van der Waals surface area contributed by atoms with Gasteiger partial charge in [0.1, 0.15) is 42.0 Å². The third-order valence-electron chi connectivity index (χ3n) is 8.03. The van der Waals surface area contributed by atoms with Crippen LogP contribution >= 0.6 is 11.7 Å². The molecule has 0 spiro atoms. The molecule has 1 aromatic heterocycles. The van der Waals surface area contributed by atoms with Gasteiger partial charge < -0.3 is 28.8 Å². The highest BCUT2D eigenvalue weighted by Crippen LogP contribution is 2.47. The third kappa shape index (κ3) is 6.27. The highest BCUT2D eigenvalue weighted by atomic mass is 32.1. The van der Waals surface area contributed by atoms with E-state index in [-0.39, 0.29) is 6.42 Å². The van der Waals surface area contributed by atoms with Crippen LogP contribution in [0.25, 0.3) is 16.6 Å². The molecule has 11 heteroatoms. The number of ether oxygens (including phenoxy) is 5. The summed E-state index contributed by atoms with van der Waals surface area (Å²) < 4.78 is 36.1. The lowest BCUT2D eigenvalue weighted by atomic mass is 9.87. The normalized spacial score (nSPS) is 16.7. The first-order valence-electron chi connectivity index (χ1n) is 14.8. The van der Waals surface area contributed by atoms with Crippen molar-refractivity contribution in [3.63, 3.8) is 0 Å². The number of cyclic esters (lactones) is 1. The lowest BCUT2D eigenvalue weighted by Gasteiger charge is -2.27. The summed E-state index contributed by atoms with van der Waals surface area (Å²) in [5, 5.41) is 12.0. The lowest BCUT2D eigenvalue weighted by molar-refractivity contribution is -0.185. The number of nitrogens with zero attached hydrogens (tertiary/aromatic N) is 2. The number of hydrogen-bond acceptors (Lipinski definition) is 11. The standard InChI is InChI=1S/C27H22N2O6S.C9H10O2/c1-15-11-16(3-7-22(15)32-2)12-19-25(17-4-6-20-21(13-17)29-36-28-20)26(30)35-27(19,31)18-5-8-23-24(14-18)34-10-9-33-23;1-7-5-8(6-10)3-4-9(7)11-2/h3-8,11,13-14,31H,9-10,12H2,1-2H3;3-6H,1-2H3. The van der Waals surface area contributed by atoms with E-state index in [1.807, 2.05) is 38.1 Å². The summed E-state index contributed by atoms with van der Waals surface area (Å²) in [6.45, 7) is 4.71. The summed E-state index contributed by atoms with van der Waals surface area (Å²) in [6.07, 6.45) is 1.09. The van der Waals surface area contributed by atoms with Gasteiger partial charge in [-0.1, -0.05) is 18.2 Å². The summed E-state index contributed by atoms with van der Waals surface area (Å²) >= 11 is 1.10.